The first-order valence-electron chi connectivity index (χ1n) is 10.9. The Labute approximate surface area is 184 Å². The molecular weight excluding hydrogens is 398 g/mol. The molecule has 4 rings (SSSR count). The van der Waals surface area contributed by atoms with Crippen molar-refractivity contribution in [2.45, 2.75) is 32.0 Å². The largest absolute Gasteiger partial charge is 0.497 e. The molecular formula is C24H32ClN3O2+2. The van der Waals surface area contributed by atoms with Crippen LogP contribution in [-0.2, 0) is 17.9 Å². The summed E-state index contributed by atoms with van der Waals surface area (Å²) in [5.74, 6) is 1.18. The van der Waals surface area contributed by atoms with Crippen LogP contribution in [0, 0.1) is 0 Å². The summed E-state index contributed by atoms with van der Waals surface area (Å²) in [6, 6.07) is 17.0. The number of amides is 1. The topological polar surface area (TPSA) is 38.4 Å². The van der Waals surface area contributed by atoms with Crippen LogP contribution in [0.4, 0.5) is 0 Å². The molecule has 0 spiro atoms. The lowest BCUT2D eigenvalue weighted by Crippen LogP contribution is -3.14. The minimum absolute atomic E-state index is 0.302. The van der Waals surface area contributed by atoms with Crippen LogP contribution in [0.2, 0.25) is 5.02 Å². The second kappa shape index (κ2) is 9.82. The molecule has 30 heavy (non-hydrogen) atoms. The Morgan fingerprint density at radius 2 is 1.70 bits per heavy atom. The van der Waals surface area contributed by atoms with Crippen LogP contribution in [0.5, 0.6) is 5.75 Å². The minimum atomic E-state index is 0.302. The Morgan fingerprint density at radius 3 is 2.30 bits per heavy atom. The normalized spacial score (nSPS) is 18.3. The highest BCUT2D eigenvalue weighted by Gasteiger charge is 2.36. The Morgan fingerprint density at radius 1 is 1.07 bits per heavy atom. The first kappa shape index (κ1) is 21.2. The lowest BCUT2D eigenvalue weighted by atomic mass is 10.2. The molecule has 1 saturated heterocycles. The molecule has 5 nitrogen and oxygen atoms in total. The second-order valence-corrected chi connectivity index (χ2v) is 9.00. The van der Waals surface area contributed by atoms with E-state index in [9.17, 15) is 4.79 Å². The lowest BCUT2D eigenvalue weighted by Gasteiger charge is -2.33. The second-order valence-electron chi connectivity index (χ2n) is 8.57. The molecule has 1 saturated carbocycles. The highest BCUT2D eigenvalue weighted by Crippen LogP contribution is 2.17. The van der Waals surface area contributed by atoms with E-state index in [-0.39, 0.29) is 0 Å². The molecule has 2 N–H and O–H groups in total. The first-order chi connectivity index (χ1) is 14.6. The molecule has 2 aliphatic rings. The van der Waals surface area contributed by atoms with Crippen LogP contribution in [0.15, 0.2) is 48.5 Å². The van der Waals surface area contributed by atoms with E-state index in [4.69, 9.17) is 16.3 Å². The zero-order valence-corrected chi connectivity index (χ0v) is 18.5. The van der Waals surface area contributed by atoms with Crippen molar-refractivity contribution in [1.29, 1.82) is 0 Å². The van der Waals surface area contributed by atoms with Crippen LogP contribution in [0.1, 0.15) is 24.0 Å². The number of nitrogens with one attached hydrogen (secondary N) is 2. The van der Waals surface area contributed by atoms with Gasteiger partial charge in [-0.05, 0) is 36.4 Å². The number of hydrogen-bond acceptors (Lipinski definition) is 2. The summed E-state index contributed by atoms with van der Waals surface area (Å²) in [5, 5.41) is 0.779. The zero-order valence-electron chi connectivity index (χ0n) is 17.7. The van der Waals surface area contributed by atoms with Crippen LogP contribution >= 0.6 is 11.6 Å². The molecule has 1 atom stereocenters. The smallest absolute Gasteiger partial charge is 0.278 e. The summed E-state index contributed by atoms with van der Waals surface area (Å²) < 4.78 is 5.25. The maximum absolute atomic E-state index is 13.0. The molecule has 0 radical (unpaired) electrons. The maximum Gasteiger partial charge on any atom is 0.278 e. The number of piperazine rings is 1. The van der Waals surface area contributed by atoms with E-state index in [1.165, 1.54) is 33.8 Å². The fourth-order valence-electron chi connectivity index (χ4n) is 4.29. The fourth-order valence-corrected chi connectivity index (χ4v) is 4.42. The summed E-state index contributed by atoms with van der Waals surface area (Å²) in [4.78, 5) is 18.0. The minimum Gasteiger partial charge on any atom is -0.497 e. The zero-order chi connectivity index (χ0) is 20.9. The Kier molecular flexibility index (Phi) is 6.93. The van der Waals surface area contributed by atoms with Gasteiger partial charge in [0.1, 0.15) is 18.8 Å². The van der Waals surface area contributed by atoms with Crippen LogP contribution < -0.4 is 14.5 Å². The summed E-state index contributed by atoms with van der Waals surface area (Å²) in [5.41, 5.74) is 2.57. The number of nitrogens with zero attached hydrogens (tertiary/aromatic N) is 1. The number of rotatable bonds is 8. The van der Waals surface area contributed by atoms with Gasteiger partial charge in [-0.15, -0.1) is 0 Å². The van der Waals surface area contributed by atoms with Gasteiger partial charge < -0.3 is 19.4 Å². The SMILES string of the molecule is COc1ccc(C[NH+](CC(=O)N2CC[NH+](Cc3ccc(Cl)cc3)CC2)C2CC2)cc1. The lowest BCUT2D eigenvalue weighted by molar-refractivity contribution is -0.920. The van der Waals surface area contributed by atoms with Gasteiger partial charge in [-0.25, -0.2) is 0 Å². The number of hydrogen-bond donors (Lipinski definition) is 2. The van der Waals surface area contributed by atoms with Crippen molar-refractivity contribution in [3.8, 4) is 5.75 Å². The van der Waals surface area contributed by atoms with Crippen molar-refractivity contribution in [2.75, 3.05) is 39.8 Å². The third-order valence-electron chi connectivity index (χ3n) is 6.31. The van der Waals surface area contributed by atoms with E-state index in [1.807, 2.05) is 24.3 Å². The molecule has 1 amide bonds. The van der Waals surface area contributed by atoms with Crippen LogP contribution in [0.3, 0.4) is 0 Å². The number of quaternary nitrogens is 2. The van der Waals surface area contributed by atoms with Crippen molar-refractivity contribution in [1.82, 2.24) is 4.90 Å². The van der Waals surface area contributed by atoms with Crippen molar-refractivity contribution in [3.63, 3.8) is 0 Å². The van der Waals surface area contributed by atoms with E-state index in [1.54, 1.807) is 7.11 Å². The van der Waals surface area contributed by atoms with E-state index in [0.29, 0.717) is 18.5 Å². The van der Waals surface area contributed by atoms with Gasteiger partial charge in [-0.1, -0.05) is 23.7 Å². The highest BCUT2D eigenvalue weighted by atomic mass is 35.5. The van der Waals surface area contributed by atoms with E-state index < -0.39 is 0 Å². The Bertz CT molecular complexity index is 829. The average Bonchev–Trinajstić information content (AvgIpc) is 3.61. The molecule has 1 heterocycles. The Balaban J connectivity index is 1.26. The standard InChI is InChI=1S/C24H30ClN3O2/c1-30-23-10-4-20(5-11-23)17-28(22-8-9-22)18-24(29)27-14-12-26(13-15-27)16-19-2-6-21(25)7-3-19/h2-7,10-11,22H,8-9,12-18H2,1H3/p+2. The quantitative estimate of drug-likeness (QED) is 0.652. The highest BCUT2D eigenvalue weighted by molar-refractivity contribution is 6.30. The fraction of sp³-hybridized carbons (Fsp3) is 0.458. The van der Waals surface area contributed by atoms with E-state index in [0.717, 1.165) is 50.0 Å². The number of carbonyl (C=O) groups is 1. The number of carbonyl (C=O) groups excluding carboxylic acids is 1. The van der Waals surface area contributed by atoms with Crippen LogP contribution in [-0.4, -0.2) is 56.7 Å². The third kappa shape index (κ3) is 5.75. The Hall–Kier alpha value is -2.08. The van der Waals surface area contributed by atoms with Gasteiger partial charge in [-0.2, -0.15) is 0 Å². The van der Waals surface area contributed by atoms with Gasteiger partial charge in [0.05, 0.1) is 39.3 Å². The molecule has 2 aromatic rings. The summed E-state index contributed by atoms with van der Waals surface area (Å²) >= 11 is 5.98. The number of methoxy groups -OCH3 is 1. The van der Waals surface area contributed by atoms with Crippen molar-refractivity contribution >= 4 is 17.5 Å². The molecule has 6 heteroatoms. The number of halogens is 1. The molecule has 1 unspecified atom stereocenters. The molecule has 2 fully saturated rings. The van der Waals surface area contributed by atoms with E-state index >= 15 is 0 Å². The first-order valence-corrected chi connectivity index (χ1v) is 11.3. The average molecular weight is 430 g/mol. The van der Waals surface area contributed by atoms with Crippen molar-refractivity contribution < 1.29 is 19.3 Å². The predicted molar refractivity (Wildman–Crippen MR) is 118 cm³/mol. The third-order valence-corrected chi connectivity index (χ3v) is 6.57. The molecule has 1 aliphatic carbocycles. The number of benzene rings is 2. The van der Waals surface area contributed by atoms with Gasteiger partial charge in [-0.3, -0.25) is 4.79 Å². The maximum atomic E-state index is 13.0. The molecule has 160 valence electrons. The molecule has 1 aliphatic heterocycles. The molecule has 0 bridgehead atoms. The van der Waals surface area contributed by atoms with Gasteiger partial charge in [0.2, 0.25) is 0 Å². The summed E-state index contributed by atoms with van der Waals surface area (Å²) in [7, 11) is 1.69. The van der Waals surface area contributed by atoms with Gasteiger partial charge >= 0.3 is 0 Å². The summed E-state index contributed by atoms with van der Waals surface area (Å²) in [6.07, 6.45) is 2.47. The monoisotopic (exact) mass is 429 g/mol. The number of ether oxygens (including phenoxy) is 1. The van der Waals surface area contributed by atoms with Gasteiger partial charge in [0.15, 0.2) is 6.54 Å². The molecule has 0 aromatic heterocycles. The van der Waals surface area contributed by atoms with Crippen molar-refractivity contribution in [2.24, 2.45) is 0 Å². The van der Waals surface area contributed by atoms with Crippen molar-refractivity contribution in [3.05, 3.63) is 64.7 Å². The summed E-state index contributed by atoms with van der Waals surface area (Å²) in [6.45, 7) is 6.21. The van der Waals surface area contributed by atoms with E-state index in [2.05, 4.69) is 29.2 Å². The van der Waals surface area contributed by atoms with Gasteiger partial charge in [0.25, 0.3) is 5.91 Å². The van der Waals surface area contributed by atoms with Crippen LogP contribution in [0.25, 0.3) is 0 Å². The van der Waals surface area contributed by atoms with Gasteiger partial charge in [0, 0.05) is 29.0 Å². The predicted octanol–water partition coefficient (Wildman–Crippen LogP) is 0.823. The molecule has 2 aromatic carbocycles.